The summed E-state index contributed by atoms with van der Waals surface area (Å²) in [5.74, 6) is 0.900. The van der Waals surface area contributed by atoms with E-state index in [1.165, 1.54) is 19.3 Å². The van der Waals surface area contributed by atoms with Crippen molar-refractivity contribution in [2.45, 2.75) is 25.7 Å². The van der Waals surface area contributed by atoms with Crippen molar-refractivity contribution in [3.8, 4) is 5.75 Å². The van der Waals surface area contributed by atoms with Crippen molar-refractivity contribution in [3.05, 3.63) is 36.9 Å². The molecular formula is C14H21NO. The summed E-state index contributed by atoms with van der Waals surface area (Å²) in [5.41, 5.74) is 1.13. The number of hydrogen-bond donors (Lipinski definition) is 1. The fourth-order valence-electron chi connectivity index (χ4n) is 1.56. The van der Waals surface area contributed by atoms with Crippen LogP contribution >= 0.6 is 0 Å². The van der Waals surface area contributed by atoms with Gasteiger partial charge in [-0.25, -0.2) is 0 Å². The summed E-state index contributed by atoms with van der Waals surface area (Å²) in [5, 5.41) is 3.39. The number of allylic oxidation sites excluding steroid dienone is 1. The van der Waals surface area contributed by atoms with E-state index in [9.17, 15) is 0 Å². The highest BCUT2D eigenvalue weighted by Crippen LogP contribution is 2.16. The molecule has 16 heavy (non-hydrogen) atoms. The fraction of sp³-hybridized carbons (Fsp3) is 0.429. The number of nitrogens with one attached hydrogen (secondary N) is 1. The average molecular weight is 219 g/mol. The van der Waals surface area contributed by atoms with Crippen LogP contribution in [0.15, 0.2) is 36.9 Å². The molecule has 0 heterocycles. The van der Waals surface area contributed by atoms with E-state index in [0.717, 1.165) is 24.4 Å². The lowest BCUT2D eigenvalue weighted by molar-refractivity contribution is 0.415. The summed E-state index contributed by atoms with van der Waals surface area (Å²) < 4.78 is 5.16. The van der Waals surface area contributed by atoms with Gasteiger partial charge in [-0.05, 0) is 31.4 Å². The lowest BCUT2D eigenvalue weighted by Crippen LogP contribution is -2.01. The lowest BCUT2D eigenvalue weighted by Gasteiger charge is -2.07. The van der Waals surface area contributed by atoms with Crippen LogP contribution in [0, 0.1) is 0 Å². The quantitative estimate of drug-likeness (QED) is 0.529. The highest BCUT2D eigenvalue weighted by molar-refractivity contribution is 5.47. The Labute approximate surface area is 98.3 Å². The maximum absolute atomic E-state index is 5.16. The first-order valence-electron chi connectivity index (χ1n) is 5.85. The van der Waals surface area contributed by atoms with Gasteiger partial charge in [-0.1, -0.05) is 18.6 Å². The first-order chi connectivity index (χ1) is 7.86. The molecule has 0 unspecified atom stereocenters. The van der Waals surface area contributed by atoms with Gasteiger partial charge in [0.1, 0.15) is 5.75 Å². The fourth-order valence-corrected chi connectivity index (χ4v) is 1.56. The van der Waals surface area contributed by atoms with Gasteiger partial charge in [-0.15, -0.1) is 6.58 Å². The molecule has 2 nitrogen and oxygen atoms in total. The predicted octanol–water partition coefficient (Wildman–Crippen LogP) is 3.85. The van der Waals surface area contributed by atoms with Gasteiger partial charge in [0.05, 0.1) is 7.11 Å². The molecule has 0 aliphatic carbocycles. The summed E-state index contributed by atoms with van der Waals surface area (Å²) in [7, 11) is 1.69. The second-order valence-corrected chi connectivity index (χ2v) is 3.80. The topological polar surface area (TPSA) is 21.3 Å². The monoisotopic (exact) mass is 219 g/mol. The highest BCUT2D eigenvalue weighted by atomic mass is 16.5. The van der Waals surface area contributed by atoms with Gasteiger partial charge in [-0.2, -0.15) is 0 Å². The van der Waals surface area contributed by atoms with Crippen LogP contribution in [0.5, 0.6) is 5.75 Å². The minimum Gasteiger partial charge on any atom is -0.497 e. The maximum atomic E-state index is 5.16. The molecule has 0 aliphatic rings. The molecule has 0 radical (unpaired) electrons. The molecule has 0 amide bonds. The zero-order chi connectivity index (χ0) is 11.6. The summed E-state index contributed by atoms with van der Waals surface area (Å²) >= 11 is 0. The number of ether oxygens (including phenoxy) is 1. The number of benzene rings is 1. The molecule has 1 N–H and O–H groups in total. The molecule has 1 aromatic rings. The Kier molecular flexibility index (Phi) is 6.16. The van der Waals surface area contributed by atoms with Crippen LogP contribution in [-0.4, -0.2) is 13.7 Å². The molecule has 2 heteroatoms. The van der Waals surface area contributed by atoms with Gasteiger partial charge in [0.15, 0.2) is 0 Å². The number of rotatable bonds is 8. The van der Waals surface area contributed by atoms with E-state index in [0.29, 0.717) is 0 Å². The van der Waals surface area contributed by atoms with Gasteiger partial charge >= 0.3 is 0 Å². The van der Waals surface area contributed by atoms with Crippen LogP contribution in [0.1, 0.15) is 25.7 Å². The minimum absolute atomic E-state index is 0.900. The number of methoxy groups -OCH3 is 1. The Morgan fingerprint density at radius 3 is 2.94 bits per heavy atom. The third-order valence-electron chi connectivity index (χ3n) is 2.48. The van der Waals surface area contributed by atoms with Crippen LogP contribution in [0.3, 0.4) is 0 Å². The van der Waals surface area contributed by atoms with Crippen molar-refractivity contribution in [2.75, 3.05) is 19.0 Å². The van der Waals surface area contributed by atoms with E-state index in [-0.39, 0.29) is 0 Å². The molecule has 0 spiro atoms. The van der Waals surface area contributed by atoms with Crippen LogP contribution < -0.4 is 10.1 Å². The second kappa shape index (κ2) is 7.80. The summed E-state index contributed by atoms with van der Waals surface area (Å²) in [6.45, 7) is 4.73. The molecule has 0 bridgehead atoms. The molecule has 1 rings (SSSR count). The van der Waals surface area contributed by atoms with E-state index < -0.39 is 0 Å². The van der Waals surface area contributed by atoms with Crippen molar-refractivity contribution >= 4 is 5.69 Å². The van der Waals surface area contributed by atoms with Crippen molar-refractivity contribution in [2.24, 2.45) is 0 Å². The Balaban J connectivity index is 2.18. The first kappa shape index (κ1) is 12.6. The summed E-state index contributed by atoms with van der Waals surface area (Å²) in [6, 6.07) is 8.03. The van der Waals surface area contributed by atoms with E-state index in [1.54, 1.807) is 7.11 Å². The normalized spacial score (nSPS) is 9.81. The average Bonchev–Trinajstić information content (AvgIpc) is 2.34. The number of anilines is 1. The molecule has 0 aliphatic heterocycles. The van der Waals surface area contributed by atoms with Crippen LogP contribution in [0.2, 0.25) is 0 Å². The van der Waals surface area contributed by atoms with Gasteiger partial charge in [0.25, 0.3) is 0 Å². The predicted molar refractivity (Wildman–Crippen MR) is 70.1 cm³/mol. The molecule has 0 saturated carbocycles. The van der Waals surface area contributed by atoms with Crippen molar-refractivity contribution in [1.82, 2.24) is 0 Å². The van der Waals surface area contributed by atoms with Crippen LogP contribution in [-0.2, 0) is 0 Å². The Morgan fingerprint density at radius 1 is 1.31 bits per heavy atom. The van der Waals surface area contributed by atoms with E-state index >= 15 is 0 Å². The molecule has 0 fully saturated rings. The Hall–Kier alpha value is -1.44. The van der Waals surface area contributed by atoms with E-state index in [2.05, 4.69) is 18.0 Å². The second-order valence-electron chi connectivity index (χ2n) is 3.80. The zero-order valence-electron chi connectivity index (χ0n) is 10.0. The van der Waals surface area contributed by atoms with E-state index in [1.807, 2.05) is 24.3 Å². The van der Waals surface area contributed by atoms with Gasteiger partial charge < -0.3 is 10.1 Å². The van der Waals surface area contributed by atoms with Gasteiger partial charge in [0, 0.05) is 18.3 Å². The molecular weight excluding hydrogens is 198 g/mol. The first-order valence-corrected chi connectivity index (χ1v) is 5.85. The Bertz CT molecular complexity index is 309. The van der Waals surface area contributed by atoms with Crippen molar-refractivity contribution in [1.29, 1.82) is 0 Å². The summed E-state index contributed by atoms with van der Waals surface area (Å²) in [4.78, 5) is 0. The van der Waals surface area contributed by atoms with Crippen LogP contribution in [0.4, 0.5) is 5.69 Å². The third-order valence-corrected chi connectivity index (χ3v) is 2.48. The highest BCUT2D eigenvalue weighted by Gasteiger charge is 1.94. The standard InChI is InChI=1S/C14H21NO/c1-3-4-5-6-7-11-15-13-9-8-10-14(12-13)16-2/h3,8-10,12,15H,1,4-7,11H2,2H3. The van der Waals surface area contributed by atoms with Gasteiger partial charge in [0.2, 0.25) is 0 Å². The lowest BCUT2D eigenvalue weighted by atomic mass is 10.2. The summed E-state index contributed by atoms with van der Waals surface area (Å²) in [6.07, 6.45) is 6.80. The Morgan fingerprint density at radius 2 is 2.19 bits per heavy atom. The van der Waals surface area contributed by atoms with E-state index in [4.69, 9.17) is 4.74 Å². The SMILES string of the molecule is C=CCCCCCNc1cccc(OC)c1. The number of unbranched alkanes of at least 4 members (excludes halogenated alkanes) is 3. The largest absolute Gasteiger partial charge is 0.497 e. The molecule has 1 aromatic carbocycles. The van der Waals surface area contributed by atoms with Gasteiger partial charge in [-0.3, -0.25) is 0 Å². The minimum atomic E-state index is 0.900. The third kappa shape index (κ3) is 4.87. The molecule has 0 aromatic heterocycles. The zero-order valence-corrected chi connectivity index (χ0v) is 10.0. The molecule has 0 saturated heterocycles. The maximum Gasteiger partial charge on any atom is 0.120 e. The molecule has 88 valence electrons. The smallest absolute Gasteiger partial charge is 0.120 e. The van der Waals surface area contributed by atoms with Crippen molar-refractivity contribution < 1.29 is 4.74 Å². The van der Waals surface area contributed by atoms with Crippen LogP contribution in [0.25, 0.3) is 0 Å². The molecule has 0 atom stereocenters. The number of hydrogen-bond acceptors (Lipinski definition) is 2. The van der Waals surface area contributed by atoms with Crippen molar-refractivity contribution in [3.63, 3.8) is 0 Å².